The number of hydrogen-bond donors (Lipinski definition) is 12. The van der Waals surface area contributed by atoms with Gasteiger partial charge in [0.1, 0.15) is 28.8 Å². The molecule has 6 fully saturated rings. The van der Waals surface area contributed by atoms with E-state index < -0.39 is 96.6 Å². The van der Waals surface area contributed by atoms with Crippen molar-refractivity contribution in [2.75, 3.05) is 89.8 Å². The van der Waals surface area contributed by atoms with Crippen LogP contribution in [0.1, 0.15) is 109 Å². The predicted molar refractivity (Wildman–Crippen MR) is 483 cm³/mol. The van der Waals surface area contributed by atoms with Crippen molar-refractivity contribution in [3.8, 4) is 76.1 Å². The first-order chi connectivity index (χ1) is 64.7. The Labute approximate surface area is 776 Å². The zero-order valence-electron chi connectivity index (χ0n) is 71.8. The van der Waals surface area contributed by atoms with Crippen LogP contribution in [-0.2, 0) is 55.4 Å². The number of hydrogen-bond acceptors (Lipinski definition) is 27. The van der Waals surface area contributed by atoms with E-state index in [-0.39, 0.29) is 109 Å². The highest BCUT2D eigenvalue weighted by Gasteiger charge is 2.53. The van der Waals surface area contributed by atoms with Gasteiger partial charge in [0.05, 0.1) is 77.2 Å². The van der Waals surface area contributed by atoms with Gasteiger partial charge in [0.15, 0.2) is 10.9 Å². The molecule has 17 amide bonds. The summed E-state index contributed by atoms with van der Waals surface area (Å²) in [6.45, 7) is 2.02. The normalized spacial score (nSPS) is 20.1. The number of aromatic nitrogens is 4. The molecule has 3 aromatic heterocycles. The molecule has 0 radical (unpaired) electrons. The number of aromatic amines is 1. The number of methoxy groups -OCH3 is 4. The summed E-state index contributed by atoms with van der Waals surface area (Å²) < 4.78 is 46.8. The van der Waals surface area contributed by atoms with Gasteiger partial charge in [-0.3, -0.25) is 69.2 Å². The van der Waals surface area contributed by atoms with E-state index in [1.807, 2.05) is 23.9 Å². The van der Waals surface area contributed by atoms with Crippen LogP contribution >= 0.6 is 23.4 Å². The number of rotatable bonds is 16. The van der Waals surface area contributed by atoms with Gasteiger partial charge < -0.3 is 80.5 Å². The van der Waals surface area contributed by atoms with Crippen molar-refractivity contribution < 1.29 is 94.8 Å². The molecule has 0 unspecified atom stereocenters. The predicted octanol–water partition coefficient (Wildman–Crippen LogP) is 2.87. The summed E-state index contributed by atoms with van der Waals surface area (Å²) in [4.78, 5) is 199. The summed E-state index contributed by atoms with van der Waals surface area (Å²) in [5, 5.41) is 28.7. The number of imide groups is 4. The number of carbonyl (C=O) groups excluding carboxylic acids is 13. The van der Waals surface area contributed by atoms with Gasteiger partial charge in [-0.25, -0.2) is 42.3 Å². The van der Waals surface area contributed by atoms with Crippen LogP contribution in [0.4, 0.5) is 30.9 Å². The van der Waals surface area contributed by atoms with Gasteiger partial charge in [-0.15, -0.1) is 0 Å². The van der Waals surface area contributed by atoms with Crippen molar-refractivity contribution in [1.29, 1.82) is 0 Å². The minimum atomic E-state index is -3.68. The zero-order valence-corrected chi connectivity index (χ0v) is 74.2. The first-order valence-corrected chi connectivity index (χ1v) is 44.4. The highest BCUT2D eigenvalue weighted by molar-refractivity contribution is 7.99. The second kappa shape index (κ2) is 37.3. The third-order valence-corrected chi connectivity index (χ3v) is 26.0. The van der Waals surface area contributed by atoms with E-state index in [1.54, 1.807) is 91.0 Å². The van der Waals surface area contributed by atoms with Crippen molar-refractivity contribution in [3.05, 3.63) is 234 Å². The molecule has 9 aliphatic heterocycles. The average Bonchev–Trinajstić information content (AvgIpc) is 1.63. The number of sulfonamides is 1. The molecule has 5 saturated heterocycles. The van der Waals surface area contributed by atoms with E-state index in [9.17, 15) is 80.6 Å². The molecule has 135 heavy (non-hydrogen) atoms. The lowest BCUT2D eigenvalue weighted by Crippen LogP contribution is -2.54. The van der Waals surface area contributed by atoms with Crippen molar-refractivity contribution >= 4 is 133 Å². The van der Waals surface area contributed by atoms with Crippen LogP contribution in [0.15, 0.2) is 151 Å². The SMILES string of the molecule is COc1ccc2c(c1)C(=O)N(C[C@@]1(C#Cc3cc4ccccc4[nH]c3=O)NC(=O)NC1=O)C2.COc1ccc2c(c1)C(=O)N(C[C@@]1(C#Cc3ccc(C(=O)NS(=O)(=O)C4CC4)cc3)NC(=O)NC1=O)C2.COc1ccc2c(c1)C(=O)N(C[C@@]1(C#Cc3cnc(Cl)c(O)c3)NC(=O)NC1=O)C2.COc1ccc2c(c1)C(=O)N(C[C@@]1(C#Cc3cnc(N4CCSCC4)nc3N)NC(=O)NC1=O)C2. The molecule has 13 N–H and O–H groups in total. The summed E-state index contributed by atoms with van der Waals surface area (Å²) >= 11 is 7.57. The Morgan fingerprint density at radius 3 is 1.27 bits per heavy atom. The van der Waals surface area contributed by atoms with E-state index in [0.29, 0.717) is 80.7 Å². The average molecular weight is 1890 g/mol. The number of anilines is 2. The third-order valence-electron chi connectivity index (χ3n) is 22.9. The number of benzene rings is 6. The van der Waals surface area contributed by atoms with Crippen molar-refractivity contribution in [3.63, 3.8) is 0 Å². The lowest BCUT2D eigenvalue weighted by molar-refractivity contribution is -0.123. The minimum Gasteiger partial charge on any atom is -0.505 e. The van der Waals surface area contributed by atoms with Gasteiger partial charge in [-0.2, -0.15) is 16.7 Å². The second-order valence-corrected chi connectivity index (χ2v) is 35.5. The molecule has 1 aliphatic carbocycles. The number of nitrogen functional groups attached to an aromatic ring is 1. The molecule has 1 saturated carbocycles. The highest BCUT2D eigenvalue weighted by atomic mass is 35.5. The van der Waals surface area contributed by atoms with Crippen LogP contribution < -0.4 is 82.4 Å². The Morgan fingerprint density at radius 1 is 0.504 bits per heavy atom. The molecule has 6 aromatic carbocycles. The molecule has 43 heteroatoms. The number of thioether (sulfide) groups is 1. The Hall–Kier alpha value is -16.7. The second-order valence-electron chi connectivity index (χ2n) is 31.9. The summed E-state index contributed by atoms with van der Waals surface area (Å²) in [6.07, 6.45) is 3.90. The zero-order chi connectivity index (χ0) is 95.6. The summed E-state index contributed by atoms with van der Waals surface area (Å²) in [7, 11) is 2.36. The lowest BCUT2D eigenvalue weighted by atomic mass is 9.99. The molecule has 12 heterocycles. The maximum Gasteiger partial charge on any atom is 0.323 e. The first kappa shape index (κ1) is 91.6. The van der Waals surface area contributed by atoms with E-state index in [2.05, 4.69) is 119 Å². The fourth-order valence-electron chi connectivity index (χ4n) is 15.6. The minimum absolute atomic E-state index is 0.0852. The number of halogens is 1. The molecule has 0 bridgehead atoms. The van der Waals surface area contributed by atoms with Gasteiger partial charge in [0.25, 0.3) is 58.7 Å². The number of urea groups is 4. The molecule has 9 aromatic rings. The Balaban J connectivity index is 0.000000131. The summed E-state index contributed by atoms with van der Waals surface area (Å²) in [5.74, 6) is 22.2. The number of nitrogens with zero attached hydrogens (tertiary/aromatic N) is 8. The smallest absolute Gasteiger partial charge is 0.323 e. The molecule has 0 spiro atoms. The highest BCUT2D eigenvalue weighted by Crippen LogP contribution is 2.36. The van der Waals surface area contributed by atoms with Crippen molar-refractivity contribution in [1.82, 2.24) is 86.8 Å². The Kier molecular flexibility index (Phi) is 25.3. The number of nitrogens with two attached hydrogens (primary N) is 1. The maximum absolute atomic E-state index is 13.0. The molecule has 19 rings (SSSR count). The number of H-pyrrole nitrogens is 1. The van der Waals surface area contributed by atoms with Gasteiger partial charge in [0.2, 0.25) is 38.1 Å². The molecule has 10 aliphatic rings. The van der Waals surface area contributed by atoms with Gasteiger partial charge in [-0.05, 0) is 125 Å². The topological polar surface area (TPSA) is 535 Å². The fraction of sp³-hybridized carbons (Fsp3) is 0.250. The number of para-hydroxylation sites is 1. The molecular weight excluding hydrogens is 1810 g/mol. The molecule has 4 atom stereocenters. The lowest BCUT2D eigenvalue weighted by Gasteiger charge is -2.26. The van der Waals surface area contributed by atoms with Crippen LogP contribution in [0.2, 0.25) is 5.15 Å². The van der Waals surface area contributed by atoms with E-state index in [0.717, 1.165) is 52.2 Å². The quantitative estimate of drug-likeness (QED) is 0.0376. The Bertz CT molecular complexity index is 7070. The monoisotopic (exact) mass is 1880 g/mol. The number of amides is 17. The molecule has 40 nitrogen and oxygen atoms in total. The van der Waals surface area contributed by atoms with E-state index >= 15 is 0 Å². The van der Waals surface area contributed by atoms with Crippen LogP contribution in [0.5, 0.6) is 28.7 Å². The van der Waals surface area contributed by atoms with Gasteiger partial charge in [-0.1, -0.05) is 101 Å². The summed E-state index contributed by atoms with van der Waals surface area (Å²) in [5.41, 5.74) is 5.97. The number of fused-ring (bicyclic) bond motifs is 5. The third kappa shape index (κ3) is 19.3. The summed E-state index contributed by atoms with van der Waals surface area (Å²) in [6, 6.07) is 33.8. The van der Waals surface area contributed by atoms with Gasteiger partial charge in [0, 0.05) is 107 Å². The molecule has 686 valence electrons. The van der Waals surface area contributed by atoms with Crippen LogP contribution in [0.3, 0.4) is 0 Å². The van der Waals surface area contributed by atoms with Crippen LogP contribution in [0.25, 0.3) is 10.9 Å². The van der Waals surface area contributed by atoms with Crippen molar-refractivity contribution in [2.45, 2.75) is 66.4 Å². The largest absolute Gasteiger partial charge is 0.505 e. The number of carbonyl (C=O) groups is 13. The van der Waals surface area contributed by atoms with E-state index in [4.69, 9.17) is 36.3 Å². The van der Waals surface area contributed by atoms with Crippen LogP contribution in [0, 0.1) is 47.4 Å². The number of ether oxygens (including phenoxy) is 4. The van der Waals surface area contributed by atoms with Crippen LogP contribution in [-0.4, -0.2) is 237 Å². The maximum atomic E-state index is 13.0. The van der Waals surface area contributed by atoms with Crippen molar-refractivity contribution in [2.24, 2.45) is 0 Å². The fourth-order valence-corrected chi connectivity index (χ4v) is 18.0. The Morgan fingerprint density at radius 2 is 0.896 bits per heavy atom. The van der Waals surface area contributed by atoms with E-state index in [1.165, 1.54) is 90.8 Å². The van der Waals surface area contributed by atoms with Gasteiger partial charge >= 0.3 is 24.1 Å². The number of nitrogens with one attached hydrogen (secondary N) is 10. The first-order valence-electron chi connectivity index (χ1n) is 41.3. The standard InChI is InChI=1S/C25H22N4O7S.C24H18N4O5.C23H23N7O4S.C20H15ClN4O5/c1-36-18-7-6-17-13-29(22(31)20(17)12-18)14-25(23(32)26-24(33)27-25)11-10-15-2-4-16(5-3-15)21(30)28-37(34,35)19-8-9-19;1-33-17-7-6-16-12-28(21(30)18(16)11-17)13-24(22(31)26-23(32)27-24)9-8-15-10-14-4-2-3-5-19(14)25-20(15)29;1-34-16-3-2-15-12-30(19(31)17(15)10-16)13-23(20(32)27-22(33)28-23)5-4-14-11-25-21(26-18(14)24)29-6-8-35-9-7-29;1-30-13-3-2-12-9-25(17(27)14(12)7-13)10-20(18(28)23-19(29)24-20)5-4-11-6-15(26)16(21)22-8-11/h2-7,12,19H,8-9,13-14H2,1H3,(H,28,30)(H2,26,27,32,33);2-7,10-11H,12-13H2,1H3,(H,25,29)(H2,26,27,31,32);2-3,10-11H,6-9,12-13H2,1H3,(H2,24,25,26)(H2,27,28,32,33);2-3,6-8,26H,9-10H2,1H3,(H2,23,24,28,29)/t25-;24-;23-;20-/m1111/s1. The molecular formula is C92H78ClN19O21S2. The number of aromatic hydroxyl groups is 1. The number of pyridine rings is 2.